The highest BCUT2D eigenvalue weighted by molar-refractivity contribution is 5.98. The first-order valence-electron chi connectivity index (χ1n) is 2.64. The lowest BCUT2D eigenvalue weighted by Gasteiger charge is -1.87. The molecule has 0 spiro atoms. The molecule has 0 radical (unpaired) electrons. The molecule has 3 heteroatoms. The van der Waals surface area contributed by atoms with E-state index in [1.165, 1.54) is 10.8 Å². The molecule has 1 aromatic heterocycles. The summed E-state index contributed by atoms with van der Waals surface area (Å²) >= 11 is 0. The quantitative estimate of drug-likeness (QED) is 0.501. The Kier molecular flexibility index (Phi) is 0.656. The van der Waals surface area contributed by atoms with E-state index in [1.807, 2.05) is 0 Å². The molecule has 0 N–H and O–H groups in total. The van der Waals surface area contributed by atoms with E-state index in [9.17, 15) is 4.79 Å². The molecule has 0 unspecified atom stereocenters. The summed E-state index contributed by atoms with van der Waals surface area (Å²) in [6.07, 6.45) is 4.86. The molecule has 1 aromatic rings. The SMILES string of the molecule is O=C1C=Cc2ccnn21. The predicted molar refractivity (Wildman–Crippen MR) is 31.9 cm³/mol. The fraction of sp³-hybridized carbons (Fsp3) is 0. The molecule has 1 aliphatic rings. The van der Waals surface area contributed by atoms with Crippen LogP contribution < -0.4 is 0 Å². The summed E-state index contributed by atoms with van der Waals surface area (Å²) in [6, 6.07) is 1.79. The second kappa shape index (κ2) is 1.31. The summed E-state index contributed by atoms with van der Waals surface area (Å²) in [5.41, 5.74) is 0.861. The molecular weight excluding hydrogens is 116 g/mol. The number of rotatable bonds is 0. The zero-order chi connectivity index (χ0) is 6.27. The van der Waals surface area contributed by atoms with Crippen LogP contribution in [-0.4, -0.2) is 15.7 Å². The van der Waals surface area contributed by atoms with Crippen molar-refractivity contribution in [2.24, 2.45) is 0 Å². The standard InChI is InChI=1S/C6H4N2O/c9-6-2-1-5-3-4-7-8(5)6/h1-4H. The Labute approximate surface area is 51.6 Å². The molecule has 44 valence electrons. The molecule has 0 atom stereocenters. The van der Waals surface area contributed by atoms with Crippen LogP contribution in [0, 0.1) is 0 Å². The van der Waals surface area contributed by atoms with Gasteiger partial charge in [-0.2, -0.15) is 9.78 Å². The van der Waals surface area contributed by atoms with E-state index in [-0.39, 0.29) is 5.91 Å². The fourth-order valence-corrected chi connectivity index (χ4v) is 0.851. The van der Waals surface area contributed by atoms with Crippen LogP contribution in [0.2, 0.25) is 0 Å². The molecule has 2 heterocycles. The van der Waals surface area contributed by atoms with Gasteiger partial charge in [0.25, 0.3) is 5.91 Å². The van der Waals surface area contributed by atoms with Crippen molar-refractivity contribution in [1.29, 1.82) is 0 Å². The third-order valence-electron chi connectivity index (χ3n) is 1.28. The minimum Gasteiger partial charge on any atom is -0.267 e. The summed E-state index contributed by atoms with van der Waals surface area (Å²) in [4.78, 5) is 10.7. The monoisotopic (exact) mass is 120 g/mol. The number of hydrogen-bond acceptors (Lipinski definition) is 2. The van der Waals surface area contributed by atoms with Crippen molar-refractivity contribution in [1.82, 2.24) is 9.78 Å². The van der Waals surface area contributed by atoms with E-state index in [2.05, 4.69) is 5.10 Å². The Balaban J connectivity index is 2.73. The van der Waals surface area contributed by atoms with Gasteiger partial charge in [-0.1, -0.05) is 0 Å². The molecule has 3 nitrogen and oxygen atoms in total. The van der Waals surface area contributed by atoms with Gasteiger partial charge in [-0.05, 0) is 12.1 Å². The molecule has 9 heavy (non-hydrogen) atoms. The summed E-state index contributed by atoms with van der Waals surface area (Å²) in [6.45, 7) is 0. The van der Waals surface area contributed by atoms with Crippen molar-refractivity contribution >= 4 is 12.0 Å². The Hall–Kier alpha value is -1.38. The van der Waals surface area contributed by atoms with E-state index in [1.54, 1.807) is 18.3 Å². The maximum atomic E-state index is 10.7. The van der Waals surface area contributed by atoms with E-state index in [0.717, 1.165) is 5.69 Å². The number of carbonyl (C=O) groups is 1. The Morgan fingerprint density at radius 1 is 1.44 bits per heavy atom. The molecule has 0 fully saturated rings. The number of fused-ring (bicyclic) bond motifs is 1. The van der Waals surface area contributed by atoms with Gasteiger partial charge in [-0.3, -0.25) is 4.79 Å². The number of hydrogen-bond donors (Lipinski definition) is 0. The van der Waals surface area contributed by atoms with Crippen molar-refractivity contribution < 1.29 is 4.79 Å². The van der Waals surface area contributed by atoms with Gasteiger partial charge in [0.1, 0.15) is 0 Å². The van der Waals surface area contributed by atoms with Gasteiger partial charge in [-0.15, -0.1) is 0 Å². The highest BCUT2D eigenvalue weighted by atomic mass is 16.2. The lowest BCUT2D eigenvalue weighted by atomic mass is 10.4. The molecule has 0 aliphatic carbocycles. The third-order valence-corrected chi connectivity index (χ3v) is 1.28. The third kappa shape index (κ3) is 0.455. The summed E-state index contributed by atoms with van der Waals surface area (Å²) in [5, 5.41) is 3.78. The van der Waals surface area contributed by atoms with Crippen molar-refractivity contribution in [3.05, 3.63) is 24.0 Å². The molecular formula is C6H4N2O. The van der Waals surface area contributed by atoms with E-state index in [4.69, 9.17) is 0 Å². The van der Waals surface area contributed by atoms with Gasteiger partial charge >= 0.3 is 0 Å². The second-order valence-electron chi connectivity index (χ2n) is 1.84. The average Bonchev–Trinajstić information content (AvgIpc) is 2.35. The van der Waals surface area contributed by atoms with Crippen LogP contribution >= 0.6 is 0 Å². The first-order chi connectivity index (χ1) is 4.38. The van der Waals surface area contributed by atoms with Crippen LogP contribution in [0.15, 0.2) is 18.3 Å². The molecule has 0 saturated carbocycles. The molecule has 0 bridgehead atoms. The molecule has 0 aromatic carbocycles. The topological polar surface area (TPSA) is 34.9 Å². The van der Waals surface area contributed by atoms with Crippen LogP contribution in [0.1, 0.15) is 10.5 Å². The maximum Gasteiger partial charge on any atom is 0.271 e. The number of nitrogens with zero attached hydrogens (tertiary/aromatic N) is 2. The van der Waals surface area contributed by atoms with Crippen LogP contribution in [0.25, 0.3) is 6.08 Å². The molecule has 1 aliphatic heterocycles. The van der Waals surface area contributed by atoms with E-state index >= 15 is 0 Å². The van der Waals surface area contributed by atoms with Crippen LogP contribution in [-0.2, 0) is 0 Å². The lowest BCUT2D eigenvalue weighted by Crippen LogP contribution is -2.04. The second-order valence-corrected chi connectivity index (χ2v) is 1.84. The summed E-state index contributed by atoms with van der Waals surface area (Å²) in [7, 11) is 0. The highest BCUT2D eigenvalue weighted by Crippen LogP contribution is 2.07. The normalized spacial score (nSPS) is 14.4. The zero-order valence-corrected chi connectivity index (χ0v) is 4.61. The first kappa shape index (κ1) is 4.49. The number of carbonyl (C=O) groups excluding carboxylic acids is 1. The van der Waals surface area contributed by atoms with Gasteiger partial charge in [0.05, 0.1) is 11.9 Å². The van der Waals surface area contributed by atoms with Crippen molar-refractivity contribution in [2.75, 3.05) is 0 Å². The Morgan fingerprint density at radius 2 is 2.33 bits per heavy atom. The van der Waals surface area contributed by atoms with Crippen LogP contribution in [0.4, 0.5) is 0 Å². The zero-order valence-electron chi connectivity index (χ0n) is 4.61. The summed E-state index contributed by atoms with van der Waals surface area (Å²) in [5.74, 6) is -0.0602. The van der Waals surface area contributed by atoms with Crippen molar-refractivity contribution in [3.8, 4) is 0 Å². The predicted octanol–water partition coefficient (Wildman–Crippen LogP) is 0.550. The summed E-state index contributed by atoms with van der Waals surface area (Å²) < 4.78 is 1.36. The van der Waals surface area contributed by atoms with E-state index in [0.29, 0.717) is 0 Å². The molecule has 2 rings (SSSR count). The lowest BCUT2D eigenvalue weighted by molar-refractivity contribution is 0.0960. The Bertz CT molecular complexity index is 285. The van der Waals surface area contributed by atoms with Gasteiger partial charge in [0.15, 0.2) is 0 Å². The maximum absolute atomic E-state index is 10.7. The van der Waals surface area contributed by atoms with Crippen molar-refractivity contribution in [3.63, 3.8) is 0 Å². The van der Waals surface area contributed by atoms with Crippen LogP contribution in [0.3, 0.4) is 0 Å². The smallest absolute Gasteiger partial charge is 0.267 e. The first-order valence-corrected chi connectivity index (χ1v) is 2.64. The largest absolute Gasteiger partial charge is 0.271 e. The van der Waals surface area contributed by atoms with E-state index < -0.39 is 0 Å². The van der Waals surface area contributed by atoms with Gasteiger partial charge in [0, 0.05) is 6.08 Å². The van der Waals surface area contributed by atoms with Crippen molar-refractivity contribution in [2.45, 2.75) is 0 Å². The Morgan fingerprint density at radius 3 is 3.11 bits per heavy atom. The van der Waals surface area contributed by atoms with Crippen LogP contribution in [0.5, 0.6) is 0 Å². The fourth-order valence-electron chi connectivity index (χ4n) is 0.851. The minimum absolute atomic E-state index is 0.0602. The number of allylic oxidation sites excluding steroid dienone is 1. The number of aromatic nitrogens is 2. The van der Waals surface area contributed by atoms with Gasteiger partial charge < -0.3 is 0 Å². The minimum atomic E-state index is -0.0602. The highest BCUT2D eigenvalue weighted by Gasteiger charge is 2.10. The average molecular weight is 120 g/mol. The van der Waals surface area contributed by atoms with Gasteiger partial charge in [0.2, 0.25) is 0 Å². The van der Waals surface area contributed by atoms with Gasteiger partial charge in [-0.25, -0.2) is 0 Å². The molecule has 0 amide bonds. The molecule has 0 saturated heterocycles.